The highest BCUT2D eigenvalue weighted by atomic mass is 16.2. The van der Waals surface area contributed by atoms with Crippen LogP contribution < -0.4 is 11.0 Å². The Labute approximate surface area is 115 Å². The van der Waals surface area contributed by atoms with E-state index in [1.807, 2.05) is 30.3 Å². The van der Waals surface area contributed by atoms with Crippen molar-refractivity contribution >= 4 is 23.8 Å². The highest BCUT2D eigenvalue weighted by Crippen LogP contribution is 2.10. The number of fused-ring (bicyclic) bond motifs is 1. The molecule has 3 aromatic rings. The van der Waals surface area contributed by atoms with E-state index in [0.717, 1.165) is 24.0 Å². The second-order valence-corrected chi connectivity index (χ2v) is 4.28. The predicted octanol–water partition coefficient (Wildman–Crippen LogP) is -0.815. The number of H-pyrrole nitrogens is 1. The van der Waals surface area contributed by atoms with Gasteiger partial charge in [0.15, 0.2) is 0 Å². The van der Waals surface area contributed by atoms with Crippen LogP contribution in [0.2, 0.25) is 0 Å². The van der Waals surface area contributed by atoms with E-state index in [2.05, 4.69) is 10.1 Å². The molecular weight excluding hydrogens is 257 g/mol. The number of nitrogens with zero attached hydrogens (tertiary/aromatic N) is 2. The minimum absolute atomic E-state index is 0. The standard InChI is InChI=1S/C13H11BN3O2.H2O/c18-13-11-7-16-17(12(11)5-6-15-13)8-9-1-3-10(14-19)4-2-9;/h1-7,19H,8H2,(H,15,18);1H2. The fraction of sp³-hybridized carbons (Fsp3) is 0.0769. The van der Waals surface area contributed by atoms with Crippen LogP contribution in [0.5, 0.6) is 0 Å². The molecule has 1 aromatic carbocycles. The predicted molar refractivity (Wildman–Crippen MR) is 77.1 cm³/mol. The van der Waals surface area contributed by atoms with Gasteiger partial charge in [-0.15, -0.1) is 0 Å². The molecule has 2 aromatic heterocycles. The first kappa shape index (κ1) is 14.0. The molecule has 0 bridgehead atoms. The molecule has 0 amide bonds. The SMILES string of the molecule is O.O=c1[nH]ccc2c1cnn2Cc1ccc([B]O)cc1. The van der Waals surface area contributed by atoms with E-state index in [9.17, 15) is 4.79 Å². The third kappa shape index (κ3) is 2.49. The summed E-state index contributed by atoms with van der Waals surface area (Å²) in [7, 11) is 1.06. The maximum absolute atomic E-state index is 11.6. The average molecular weight is 270 g/mol. The number of hydrogen-bond donors (Lipinski definition) is 2. The van der Waals surface area contributed by atoms with Crippen LogP contribution in [0.1, 0.15) is 5.56 Å². The zero-order valence-electron chi connectivity index (χ0n) is 10.6. The number of benzene rings is 1. The lowest BCUT2D eigenvalue weighted by molar-refractivity contribution is 0.615. The van der Waals surface area contributed by atoms with E-state index in [-0.39, 0.29) is 11.0 Å². The number of rotatable bonds is 3. The highest BCUT2D eigenvalue weighted by Gasteiger charge is 2.05. The van der Waals surface area contributed by atoms with E-state index in [1.165, 1.54) is 0 Å². The van der Waals surface area contributed by atoms with Crippen LogP contribution in [0.4, 0.5) is 0 Å². The molecule has 0 aliphatic rings. The van der Waals surface area contributed by atoms with Crippen LogP contribution >= 0.6 is 0 Å². The summed E-state index contributed by atoms with van der Waals surface area (Å²) in [4.78, 5) is 14.2. The van der Waals surface area contributed by atoms with Crippen molar-refractivity contribution < 1.29 is 10.5 Å². The minimum Gasteiger partial charge on any atom is -0.450 e. The van der Waals surface area contributed by atoms with Crippen molar-refractivity contribution in [3.8, 4) is 0 Å². The lowest BCUT2D eigenvalue weighted by Gasteiger charge is -2.04. The van der Waals surface area contributed by atoms with Crippen molar-refractivity contribution in [2.24, 2.45) is 0 Å². The normalized spacial score (nSPS) is 10.2. The van der Waals surface area contributed by atoms with Crippen LogP contribution in [0.25, 0.3) is 10.9 Å². The Hall–Kier alpha value is -2.38. The summed E-state index contributed by atoms with van der Waals surface area (Å²) in [6.45, 7) is 0.582. The summed E-state index contributed by atoms with van der Waals surface area (Å²) in [6.07, 6.45) is 3.19. The van der Waals surface area contributed by atoms with Crippen molar-refractivity contribution in [3.63, 3.8) is 0 Å². The Balaban J connectivity index is 0.00000147. The summed E-state index contributed by atoms with van der Waals surface area (Å²) in [5.41, 5.74) is 2.48. The van der Waals surface area contributed by atoms with Gasteiger partial charge in [-0.05, 0) is 11.6 Å². The monoisotopic (exact) mass is 270 g/mol. The second-order valence-electron chi connectivity index (χ2n) is 4.28. The fourth-order valence-corrected chi connectivity index (χ4v) is 2.03. The van der Waals surface area contributed by atoms with Crippen molar-refractivity contribution in [1.82, 2.24) is 14.8 Å². The fourth-order valence-electron chi connectivity index (χ4n) is 2.03. The van der Waals surface area contributed by atoms with Gasteiger partial charge in [-0.3, -0.25) is 9.48 Å². The molecule has 101 valence electrons. The van der Waals surface area contributed by atoms with Crippen LogP contribution in [0.3, 0.4) is 0 Å². The van der Waals surface area contributed by atoms with E-state index < -0.39 is 0 Å². The van der Waals surface area contributed by atoms with Crippen molar-refractivity contribution in [2.45, 2.75) is 6.54 Å². The molecule has 3 rings (SSSR count). The number of hydrogen-bond acceptors (Lipinski definition) is 3. The Morgan fingerprint density at radius 1 is 1.25 bits per heavy atom. The molecule has 7 heteroatoms. The van der Waals surface area contributed by atoms with Gasteiger partial charge >= 0.3 is 7.48 Å². The topological polar surface area (TPSA) is 102 Å². The molecular formula is C13H13BN3O3. The zero-order valence-corrected chi connectivity index (χ0v) is 10.6. The molecule has 0 spiro atoms. The van der Waals surface area contributed by atoms with E-state index in [1.54, 1.807) is 17.1 Å². The molecule has 0 fully saturated rings. The third-order valence-corrected chi connectivity index (χ3v) is 3.04. The first-order valence-corrected chi connectivity index (χ1v) is 5.87. The largest absolute Gasteiger partial charge is 0.450 e. The molecule has 20 heavy (non-hydrogen) atoms. The molecule has 0 saturated heterocycles. The van der Waals surface area contributed by atoms with Gasteiger partial charge in [-0.25, -0.2) is 0 Å². The Bertz CT molecular complexity index is 764. The van der Waals surface area contributed by atoms with E-state index in [4.69, 9.17) is 5.02 Å². The van der Waals surface area contributed by atoms with Gasteiger partial charge in [-0.1, -0.05) is 29.7 Å². The van der Waals surface area contributed by atoms with Gasteiger partial charge in [0, 0.05) is 6.20 Å². The van der Waals surface area contributed by atoms with Gasteiger partial charge in [0.2, 0.25) is 0 Å². The molecule has 0 saturated carbocycles. The number of aromatic amines is 1. The Morgan fingerprint density at radius 2 is 2.00 bits per heavy atom. The molecule has 2 heterocycles. The van der Waals surface area contributed by atoms with Gasteiger partial charge in [0.25, 0.3) is 5.56 Å². The molecule has 0 atom stereocenters. The average Bonchev–Trinajstić information content (AvgIpc) is 2.84. The molecule has 0 unspecified atom stereocenters. The first-order valence-electron chi connectivity index (χ1n) is 5.87. The van der Waals surface area contributed by atoms with Crippen molar-refractivity contribution in [1.29, 1.82) is 0 Å². The van der Waals surface area contributed by atoms with Gasteiger partial charge < -0.3 is 15.5 Å². The van der Waals surface area contributed by atoms with Gasteiger partial charge in [0.05, 0.1) is 23.6 Å². The van der Waals surface area contributed by atoms with Crippen LogP contribution in [0, 0.1) is 0 Å². The van der Waals surface area contributed by atoms with Gasteiger partial charge in [0.1, 0.15) is 0 Å². The summed E-state index contributed by atoms with van der Waals surface area (Å²) < 4.78 is 1.78. The molecule has 1 radical (unpaired) electrons. The summed E-state index contributed by atoms with van der Waals surface area (Å²) in [5, 5.41) is 13.7. The van der Waals surface area contributed by atoms with Crippen molar-refractivity contribution in [3.05, 3.63) is 58.6 Å². The zero-order chi connectivity index (χ0) is 13.2. The van der Waals surface area contributed by atoms with Crippen LogP contribution in [-0.2, 0) is 6.54 Å². The lowest BCUT2D eigenvalue weighted by Crippen LogP contribution is -2.13. The van der Waals surface area contributed by atoms with Crippen LogP contribution in [0.15, 0.2) is 47.5 Å². The van der Waals surface area contributed by atoms with E-state index >= 15 is 0 Å². The first-order chi connectivity index (χ1) is 9.28. The number of aromatic nitrogens is 3. The van der Waals surface area contributed by atoms with Gasteiger partial charge in [-0.2, -0.15) is 5.10 Å². The Morgan fingerprint density at radius 3 is 2.70 bits per heavy atom. The number of nitrogens with one attached hydrogen (secondary N) is 1. The summed E-state index contributed by atoms with van der Waals surface area (Å²) >= 11 is 0. The molecule has 0 aliphatic heterocycles. The van der Waals surface area contributed by atoms with Crippen LogP contribution in [-0.4, -0.2) is 32.7 Å². The summed E-state index contributed by atoms with van der Waals surface area (Å²) in [5.74, 6) is 0. The van der Waals surface area contributed by atoms with E-state index in [0.29, 0.717) is 11.9 Å². The molecule has 6 nitrogen and oxygen atoms in total. The second kappa shape index (κ2) is 5.73. The summed E-state index contributed by atoms with van der Waals surface area (Å²) in [6, 6.07) is 9.33. The number of pyridine rings is 1. The Kier molecular flexibility index (Phi) is 4.02. The third-order valence-electron chi connectivity index (χ3n) is 3.04. The molecule has 4 N–H and O–H groups in total. The van der Waals surface area contributed by atoms with Crippen molar-refractivity contribution in [2.75, 3.05) is 0 Å². The maximum Gasteiger partial charge on any atom is 0.326 e. The smallest absolute Gasteiger partial charge is 0.326 e. The lowest BCUT2D eigenvalue weighted by atomic mass is 9.88. The minimum atomic E-state index is -0.131. The molecule has 0 aliphatic carbocycles. The highest BCUT2D eigenvalue weighted by molar-refractivity contribution is 6.45. The maximum atomic E-state index is 11.6. The quantitative estimate of drug-likeness (QED) is 0.608.